The molecule has 126 valence electrons. The first-order valence-corrected chi connectivity index (χ1v) is 9.09. The molecule has 3 aromatic rings. The Morgan fingerprint density at radius 3 is 2.12 bits per heavy atom. The molecule has 1 aromatic heterocycles. The van der Waals surface area contributed by atoms with E-state index in [-0.39, 0.29) is 17.2 Å². The third-order valence-electron chi connectivity index (χ3n) is 3.90. The number of carbonyl (C=O) groups excluding carboxylic acids is 1. The summed E-state index contributed by atoms with van der Waals surface area (Å²) >= 11 is 1.56. The highest BCUT2D eigenvalue weighted by atomic mass is 32.2. The number of thioether (sulfide) groups is 1. The molecule has 1 amide bonds. The maximum atomic E-state index is 13.0. The molecule has 0 radical (unpaired) electrons. The molecule has 2 aromatic carbocycles. The molecule has 0 saturated carbocycles. The van der Waals surface area contributed by atoms with E-state index in [0.29, 0.717) is 0 Å². The molecule has 4 heteroatoms. The van der Waals surface area contributed by atoms with Crippen molar-refractivity contribution in [3.05, 3.63) is 96.3 Å². The van der Waals surface area contributed by atoms with Crippen molar-refractivity contribution in [3.63, 3.8) is 0 Å². The Bertz CT molecular complexity index is 794. The van der Waals surface area contributed by atoms with E-state index in [0.717, 1.165) is 16.0 Å². The molecule has 0 fully saturated rings. The summed E-state index contributed by atoms with van der Waals surface area (Å²) in [5.74, 6) is 0.00404. The van der Waals surface area contributed by atoms with E-state index in [1.165, 1.54) is 0 Å². The zero-order valence-electron chi connectivity index (χ0n) is 14.0. The molecule has 2 atom stereocenters. The first kappa shape index (κ1) is 17.2. The van der Waals surface area contributed by atoms with Gasteiger partial charge in [-0.2, -0.15) is 0 Å². The van der Waals surface area contributed by atoms with Crippen LogP contribution in [0.25, 0.3) is 0 Å². The summed E-state index contributed by atoms with van der Waals surface area (Å²) in [6.07, 6.45) is 3.48. The van der Waals surface area contributed by atoms with Gasteiger partial charge in [-0.3, -0.25) is 9.78 Å². The molecule has 0 aliphatic carbocycles. The number of nitrogens with one attached hydrogen (secondary N) is 1. The van der Waals surface area contributed by atoms with Crippen LogP contribution in [0.15, 0.2) is 90.1 Å². The number of benzene rings is 2. The van der Waals surface area contributed by atoms with E-state index in [2.05, 4.69) is 10.3 Å². The van der Waals surface area contributed by atoms with Crippen LogP contribution in [0.3, 0.4) is 0 Å². The average Bonchev–Trinajstić information content (AvgIpc) is 2.68. The van der Waals surface area contributed by atoms with Gasteiger partial charge in [-0.05, 0) is 42.3 Å². The number of pyridine rings is 1. The van der Waals surface area contributed by atoms with Gasteiger partial charge in [0.25, 0.3) is 0 Å². The van der Waals surface area contributed by atoms with Gasteiger partial charge in [0.1, 0.15) is 5.25 Å². The van der Waals surface area contributed by atoms with Gasteiger partial charge in [-0.1, -0.05) is 48.5 Å². The first-order valence-electron chi connectivity index (χ1n) is 8.21. The summed E-state index contributed by atoms with van der Waals surface area (Å²) in [5, 5.41) is 2.83. The Hall–Kier alpha value is -2.59. The zero-order valence-corrected chi connectivity index (χ0v) is 14.8. The van der Waals surface area contributed by atoms with Crippen LogP contribution < -0.4 is 5.32 Å². The van der Waals surface area contributed by atoms with Gasteiger partial charge in [0.05, 0.1) is 6.04 Å². The van der Waals surface area contributed by atoms with E-state index in [1.807, 2.05) is 79.7 Å². The van der Waals surface area contributed by atoms with Crippen LogP contribution in [0, 0.1) is 0 Å². The molecular weight excluding hydrogens is 328 g/mol. The van der Waals surface area contributed by atoms with Crippen LogP contribution >= 0.6 is 11.8 Å². The molecular formula is C21H20N2OS. The van der Waals surface area contributed by atoms with Crippen molar-refractivity contribution in [2.75, 3.05) is 0 Å². The number of aromatic nitrogens is 1. The molecule has 0 aliphatic rings. The minimum atomic E-state index is -0.298. The highest BCUT2D eigenvalue weighted by Crippen LogP contribution is 2.35. The van der Waals surface area contributed by atoms with Crippen molar-refractivity contribution >= 4 is 17.7 Å². The van der Waals surface area contributed by atoms with Crippen LogP contribution in [-0.2, 0) is 4.79 Å². The van der Waals surface area contributed by atoms with Crippen molar-refractivity contribution in [2.45, 2.75) is 23.1 Å². The van der Waals surface area contributed by atoms with Crippen LogP contribution in [0.2, 0.25) is 0 Å². The lowest BCUT2D eigenvalue weighted by Gasteiger charge is -2.20. The first-order chi connectivity index (χ1) is 12.2. The van der Waals surface area contributed by atoms with Crippen LogP contribution in [0.4, 0.5) is 0 Å². The summed E-state index contributed by atoms with van der Waals surface area (Å²) in [6, 6.07) is 23.7. The van der Waals surface area contributed by atoms with E-state index in [9.17, 15) is 4.79 Å². The largest absolute Gasteiger partial charge is 0.348 e. The van der Waals surface area contributed by atoms with Crippen molar-refractivity contribution in [2.24, 2.45) is 0 Å². The smallest absolute Gasteiger partial charge is 0.238 e. The minimum Gasteiger partial charge on any atom is -0.348 e. The number of rotatable bonds is 6. The maximum absolute atomic E-state index is 13.0. The fourth-order valence-electron chi connectivity index (χ4n) is 2.56. The van der Waals surface area contributed by atoms with Gasteiger partial charge in [-0.15, -0.1) is 11.8 Å². The highest BCUT2D eigenvalue weighted by Gasteiger charge is 2.23. The van der Waals surface area contributed by atoms with Gasteiger partial charge in [0, 0.05) is 17.3 Å². The van der Waals surface area contributed by atoms with Gasteiger partial charge >= 0.3 is 0 Å². The Kier molecular flexibility index (Phi) is 5.86. The summed E-state index contributed by atoms with van der Waals surface area (Å²) in [5.41, 5.74) is 2.04. The third-order valence-corrected chi connectivity index (χ3v) is 5.17. The van der Waals surface area contributed by atoms with Crippen LogP contribution in [-0.4, -0.2) is 10.9 Å². The number of amides is 1. The lowest BCUT2D eigenvalue weighted by molar-refractivity contribution is -0.121. The predicted molar refractivity (Wildman–Crippen MR) is 102 cm³/mol. The third kappa shape index (κ3) is 4.70. The quantitative estimate of drug-likeness (QED) is 0.651. The monoisotopic (exact) mass is 348 g/mol. The van der Waals surface area contributed by atoms with Crippen molar-refractivity contribution in [1.82, 2.24) is 10.3 Å². The summed E-state index contributed by atoms with van der Waals surface area (Å²) < 4.78 is 0. The fraction of sp³-hybridized carbons (Fsp3) is 0.143. The summed E-state index contributed by atoms with van der Waals surface area (Å²) in [4.78, 5) is 18.1. The highest BCUT2D eigenvalue weighted by molar-refractivity contribution is 8.00. The van der Waals surface area contributed by atoms with Crippen molar-refractivity contribution in [3.8, 4) is 0 Å². The molecule has 0 aliphatic heterocycles. The zero-order chi connectivity index (χ0) is 17.5. The van der Waals surface area contributed by atoms with Crippen molar-refractivity contribution < 1.29 is 4.79 Å². The Balaban J connectivity index is 1.80. The second kappa shape index (κ2) is 8.49. The van der Waals surface area contributed by atoms with Crippen LogP contribution in [0.5, 0.6) is 0 Å². The Labute approximate surface area is 152 Å². The normalized spacial score (nSPS) is 13.0. The lowest BCUT2D eigenvalue weighted by Crippen LogP contribution is -2.30. The summed E-state index contributed by atoms with van der Waals surface area (Å²) in [6.45, 7) is 1.99. The van der Waals surface area contributed by atoms with Gasteiger partial charge in [0.15, 0.2) is 0 Å². The van der Waals surface area contributed by atoms with E-state index in [1.54, 1.807) is 24.2 Å². The van der Waals surface area contributed by atoms with E-state index < -0.39 is 0 Å². The number of nitrogens with zero attached hydrogens (tertiary/aromatic N) is 1. The molecule has 3 rings (SSSR count). The molecule has 0 saturated heterocycles. The molecule has 1 heterocycles. The topological polar surface area (TPSA) is 42.0 Å². The standard InChI is InChI=1S/C21H20N2OS/c1-16(17-12-14-22-15-13-17)23-21(24)20(18-8-4-2-5-9-18)25-19-10-6-3-7-11-19/h2-16,20H,1H3,(H,23,24)/t16-,20+/m0/s1. The SMILES string of the molecule is C[C@H](NC(=O)[C@H](Sc1ccccc1)c1ccccc1)c1ccncc1. The molecule has 1 N–H and O–H groups in total. The lowest BCUT2D eigenvalue weighted by atomic mass is 10.1. The number of hydrogen-bond donors (Lipinski definition) is 1. The summed E-state index contributed by atoms with van der Waals surface area (Å²) in [7, 11) is 0. The second-order valence-corrected chi connectivity index (χ2v) is 6.91. The molecule has 0 unspecified atom stereocenters. The number of hydrogen-bond acceptors (Lipinski definition) is 3. The molecule has 0 bridgehead atoms. The van der Waals surface area contributed by atoms with Crippen molar-refractivity contribution in [1.29, 1.82) is 0 Å². The maximum Gasteiger partial charge on any atom is 0.238 e. The number of carbonyl (C=O) groups is 1. The average molecular weight is 348 g/mol. The van der Waals surface area contributed by atoms with E-state index in [4.69, 9.17) is 0 Å². The fourth-order valence-corrected chi connectivity index (χ4v) is 3.62. The van der Waals surface area contributed by atoms with Gasteiger partial charge in [-0.25, -0.2) is 0 Å². The Morgan fingerprint density at radius 1 is 0.880 bits per heavy atom. The second-order valence-electron chi connectivity index (χ2n) is 5.73. The molecule has 25 heavy (non-hydrogen) atoms. The minimum absolute atomic E-state index is 0.00404. The molecule has 0 spiro atoms. The van der Waals surface area contributed by atoms with E-state index >= 15 is 0 Å². The molecule has 3 nitrogen and oxygen atoms in total. The van der Waals surface area contributed by atoms with Crippen LogP contribution in [0.1, 0.15) is 29.3 Å². The van der Waals surface area contributed by atoms with Gasteiger partial charge < -0.3 is 5.32 Å². The predicted octanol–water partition coefficient (Wildman–Crippen LogP) is 4.79. The van der Waals surface area contributed by atoms with Gasteiger partial charge in [0.2, 0.25) is 5.91 Å². The Morgan fingerprint density at radius 2 is 1.48 bits per heavy atom.